The van der Waals surface area contributed by atoms with Crippen LogP contribution in [-0.2, 0) is 10.0 Å². The molecule has 0 bridgehead atoms. The van der Waals surface area contributed by atoms with Gasteiger partial charge in [0, 0.05) is 5.39 Å². The lowest BCUT2D eigenvalue weighted by atomic mass is 10.2. The van der Waals surface area contributed by atoms with Crippen molar-refractivity contribution in [3.8, 4) is 0 Å². The Morgan fingerprint density at radius 1 is 1.04 bits per heavy atom. The average molecular weight is 343 g/mol. The van der Waals surface area contributed by atoms with Gasteiger partial charge in [-0.15, -0.1) is 5.10 Å². The van der Waals surface area contributed by atoms with Gasteiger partial charge in [0.2, 0.25) is 5.55 Å². The third-order valence-electron chi connectivity index (χ3n) is 3.24. The summed E-state index contributed by atoms with van der Waals surface area (Å²) in [5, 5.41) is 4.37. The van der Waals surface area contributed by atoms with Crippen LogP contribution < -0.4 is 16.1 Å². The number of amides is 1. The molecule has 1 aromatic heterocycles. The van der Waals surface area contributed by atoms with Gasteiger partial charge < -0.3 is 10.2 Å². The minimum atomic E-state index is -3.88. The van der Waals surface area contributed by atoms with Gasteiger partial charge in [-0.2, -0.15) is 13.2 Å². The Hall–Kier alpha value is -3.13. The summed E-state index contributed by atoms with van der Waals surface area (Å²) < 4.78 is 29.9. The first-order valence-corrected chi connectivity index (χ1v) is 8.39. The van der Waals surface area contributed by atoms with Crippen LogP contribution >= 0.6 is 0 Å². The molecule has 0 aliphatic heterocycles. The molecule has 2 aromatic carbocycles. The van der Waals surface area contributed by atoms with Crippen LogP contribution in [0.15, 0.2) is 75.1 Å². The summed E-state index contributed by atoms with van der Waals surface area (Å²) >= 11 is 0. The molecule has 0 unspecified atom stereocenters. The fourth-order valence-corrected chi connectivity index (χ4v) is 2.91. The summed E-state index contributed by atoms with van der Waals surface area (Å²) in [5.41, 5.74) is 5.53. The second-order valence-electron chi connectivity index (χ2n) is 4.89. The summed E-state index contributed by atoms with van der Waals surface area (Å²) in [6.07, 6.45) is 0. The van der Waals surface area contributed by atoms with Gasteiger partial charge in [0.25, 0.3) is 15.9 Å². The zero-order valence-corrected chi connectivity index (χ0v) is 13.2. The number of nitrogens with zero attached hydrogens (tertiary/aromatic N) is 1. The molecular weight excluding hydrogens is 330 g/mol. The number of rotatable bonds is 4. The molecule has 122 valence electrons. The highest BCUT2D eigenvalue weighted by atomic mass is 32.2. The number of fused-ring (bicyclic) bond motifs is 1. The number of carbonyl (C=O) groups is 1. The topological polar surface area (TPSA) is 115 Å². The number of para-hydroxylation sites is 1. The second kappa shape index (κ2) is 6.17. The number of sulfonamides is 1. The van der Waals surface area contributed by atoms with Gasteiger partial charge in [0.15, 0.2) is 0 Å². The van der Waals surface area contributed by atoms with Crippen LogP contribution in [0.25, 0.3) is 11.0 Å². The first-order chi connectivity index (χ1) is 11.5. The predicted octanol–water partition coefficient (Wildman–Crippen LogP) is 1.33. The Labute approximate surface area is 137 Å². The van der Waals surface area contributed by atoms with Crippen molar-refractivity contribution in [3.63, 3.8) is 0 Å². The van der Waals surface area contributed by atoms with Crippen LogP contribution in [0, 0.1) is 0 Å². The maximum atomic E-state index is 12.2. The van der Waals surface area contributed by atoms with E-state index in [2.05, 4.69) is 5.10 Å². The smallest absolute Gasteiger partial charge is 0.276 e. The minimum Gasteiger partial charge on any atom is -0.436 e. The standard InChI is InChI=1S/C16H13N3O4S/c17-15(20)13-10-11-6-4-5-9-14(11)23-16(13)18-19-24(21,22)12-7-2-1-3-8-12/h1-10,19H,(H2,17,20). The normalized spacial score (nSPS) is 12.2. The summed E-state index contributed by atoms with van der Waals surface area (Å²) in [7, 11) is -3.88. The third-order valence-corrected chi connectivity index (χ3v) is 4.47. The van der Waals surface area contributed by atoms with Crippen LogP contribution in [0.3, 0.4) is 0 Å². The molecule has 1 amide bonds. The monoisotopic (exact) mass is 343 g/mol. The number of nitrogens with two attached hydrogens (primary N) is 1. The van der Waals surface area contributed by atoms with E-state index in [0.717, 1.165) is 0 Å². The lowest BCUT2D eigenvalue weighted by Crippen LogP contribution is -2.27. The summed E-state index contributed by atoms with van der Waals surface area (Å²) in [6, 6.07) is 16.1. The van der Waals surface area contributed by atoms with Crippen molar-refractivity contribution in [2.24, 2.45) is 10.8 Å². The molecule has 0 fully saturated rings. The molecule has 24 heavy (non-hydrogen) atoms. The maximum absolute atomic E-state index is 12.2. The molecule has 3 aromatic rings. The molecule has 3 N–H and O–H groups in total. The van der Waals surface area contributed by atoms with Crippen molar-refractivity contribution in [2.45, 2.75) is 4.90 Å². The van der Waals surface area contributed by atoms with E-state index in [-0.39, 0.29) is 16.0 Å². The Morgan fingerprint density at radius 3 is 2.42 bits per heavy atom. The van der Waals surface area contributed by atoms with Gasteiger partial charge in [-0.3, -0.25) is 4.79 Å². The minimum absolute atomic E-state index is 0.0236. The van der Waals surface area contributed by atoms with E-state index in [1.54, 1.807) is 42.5 Å². The summed E-state index contributed by atoms with van der Waals surface area (Å²) in [6.45, 7) is 0. The molecule has 0 atom stereocenters. The van der Waals surface area contributed by atoms with Gasteiger partial charge in [-0.25, -0.2) is 0 Å². The van der Waals surface area contributed by atoms with Gasteiger partial charge in [-0.05, 0) is 24.3 Å². The fraction of sp³-hybridized carbons (Fsp3) is 0. The maximum Gasteiger partial charge on any atom is 0.276 e. The summed E-state index contributed by atoms with van der Waals surface area (Å²) in [5.74, 6) is -0.776. The number of benzene rings is 2. The molecule has 0 aliphatic carbocycles. The molecule has 0 spiro atoms. The van der Waals surface area contributed by atoms with Crippen molar-refractivity contribution in [3.05, 3.63) is 71.8 Å². The number of hydrogen-bond acceptors (Lipinski definition) is 5. The fourth-order valence-electron chi connectivity index (χ4n) is 2.08. The lowest BCUT2D eigenvalue weighted by molar-refractivity contribution is 0.0996. The molecular formula is C16H13N3O4S. The quantitative estimate of drug-likeness (QED) is 0.695. The van der Waals surface area contributed by atoms with Gasteiger partial charge in [0.1, 0.15) is 11.1 Å². The van der Waals surface area contributed by atoms with Crippen molar-refractivity contribution in [2.75, 3.05) is 0 Å². The Kier molecular flexibility index (Phi) is 4.05. The zero-order chi connectivity index (χ0) is 17.2. The van der Waals surface area contributed by atoms with Crippen LogP contribution in [0.4, 0.5) is 0 Å². The van der Waals surface area contributed by atoms with Crippen LogP contribution in [-0.4, -0.2) is 14.3 Å². The van der Waals surface area contributed by atoms with Crippen LogP contribution in [0.1, 0.15) is 10.4 Å². The molecule has 3 rings (SSSR count). The SMILES string of the molecule is NC(=O)c1cc2ccccc2oc1=NNS(=O)(=O)c1ccccc1. The molecule has 7 nitrogen and oxygen atoms in total. The largest absolute Gasteiger partial charge is 0.436 e. The Morgan fingerprint density at radius 2 is 1.71 bits per heavy atom. The van der Waals surface area contributed by atoms with E-state index in [9.17, 15) is 13.2 Å². The molecule has 8 heteroatoms. The highest BCUT2D eigenvalue weighted by Gasteiger charge is 2.14. The van der Waals surface area contributed by atoms with Gasteiger partial charge in [0.05, 0.1) is 4.90 Å². The van der Waals surface area contributed by atoms with Crippen molar-refractivity contribution < 1.29 is 17.6 Å². The first-order valence-electron chi connectivity index (χ1n) is 6.91. The summed E-state index contributed by atoms with van der Waals surface area (Å²) in [4.78, 5) is 13.7. The van der Waals surface area contributed by atoms with E-state index in [1.165, 1.54) is 18.2 Å². The number of hydrogen-bond donors (Lipinski definition) is 2. The van der Waals surface area contributed by atoms with Gasteiger partial charge in [-0.1, -0.05) is 36.4 Å². The highest BCUT2D eigenvalue weighted by molar-refractivity contribution is 7.89. The second-order valence-corrected chi connectivity index (χ2v) is 6.55. The Balaban J connectivity index is 2.09. The average Bonchev–Trinajstić information content (AvgIpc) is 2.60. The van der Waals surface area contributed by atoms with E-state index in [1.807, 2.05) is 4.83 Å². The van der Waals surface area contributed by atoms with Crippen LogP contribution in [0.2, 0.25) is 0 Å². The van der Waals surface area contributed by atoms with Crippen molar-refractivity contribution in [1.29, 1.82) is 0 Å². The lowest BCUT2D eigenvalue weighted by Gasteiger charge is -2.04. The number of nitrogens with one attached hydrogen (secondary N) is 1. The van der Waals surface area contributed by atoms with Gasteiger partial charge >= 0.3 is 0 Å². The van der Waals surface area contributed by atoms with Crippen molar-refractivity contribution >= 4 is 26.9 Å². The van der Waals surface area contributed by atoms with E-state index < -0.39 is 15.9 Å². The molecule has 0 saturated carbocycles. The molecule has 0 saturated heterocycles. The molecule has 0 radical (unpaired) electrons. The number of primary amides is 1. The molecule has 1 heterocycles. The number of carbonyl (C=O) groups excluding carboxylic acids is 1. The third kappa shape index (κ3) is 3.13. The first kappa shape index (κ1) is 15.8. The van der Waals surface area contributed by atoms with Crippen molar-refractivity contribution in [1.82, 2.24) is 4.83 Å². The predicted molar refractivity (Wildman–Crippen MR) is 87.1 cm³/mol. The van der Waals surface area contributed by atoms with E-state index >= 15 is 0 Å². The molecule has 0 aliphatic rings. The highest BCUT2D eigenvalue weighted by Crippen LogP contribution is 2.12. The van der Waals surface area contributed by atoms with Crippen LogP contribution in [0.5, 0.6) is 0 Å². The van der Waals surface area contributed by atoms with E-state index in [0.29, 0.717) is 11.0 Å². The Bertz CT molecular complexity index is 1070. The zero-order valence-electron chi connectivity index (χ0n) is 12.3. The van der Waals surface area contributed by atoms with E-state index in [4.69, 9.17) is 10.2 Å².